The summed E-state index contributed by atoms with van der Waals surface area (Å²) in [6.45, 7) is 3.17. The van der Waals surface area contributed by atoms with Crippen molar-refractivity contribution >= 4 is 5.97 Å². The molecule has 0 heterocycles. The Labute approximate surface area is 149 Å². The maximum Gasteiger partial charge on any atom is 0.303 e. The van der Waals surface area contributed by atoms with Crippen LogP contribution in [0.25, 0.3) is 0 Å². The molecular formula is C20H42NO3+. The number of aliphatic carboxylic acids is 1. The van der Waals surface area contributed by atoms with Gasteiger partial charge in [0.1, 0.15) is 0 Å². The Bertz CT molecular complexity index is 305. The zero-order chi connectivity index (χ0) is 18.3. The monoisotopic (exact) mass is 344 g/mol. The van der Waals surface area contributed by atoms with E-state index in [1.807, 2.05) is 0 Å². The summed E-state index contributed by atoms with van der Waals surface area (Å²) in [7, 11) is 4.16. The van der Waals surface area contributed by atoms with Crippen molar-refractivity contribution in [3.63, 3.8) is 0 Å². The molecule has 0 aliphatic heterocycles. The number of aliphatic hydroxyl groups excluding tert-OH is 1. The number of nitrogens with zero attached hydrogens (tertiary/aromatic N) is 1. The highest BCUT2D eigenvalue weighted by molar-refractivity contribution is 5.66. The highest BCUT2D eigenvalue weighted by Crippen LogP contribution is 2.16. The van der Waals surface area contributed by atoms with Gasteiger partial charge in [0, 0.05) is 12.8 Å². The Hall–Kier alpha value is -0.610. The van der Waals surface area contributed by atoms with Crippen LogP contribution in [0.15, 0.2) is 0 Å². The molecule has 24 heavy (non-hydrogen) atoms. The number of aliphatic hydroxyl groups is 1. The SMILES string of the molecule is CCCCCCCCCCCC(O)[N+](C)(C)CCCCCC(=O)O. The van der Waals surface area contributed by atoms with Crippen molar-refractivity contribution in [2.45, 2.75) is 103 Å². The Kier molecular flexibility index (Phi) is 14.3. The van der Waals surface area contributed by atoms with E-state index in [0.717, 1.165) is 38.6 Å². The summed E-state index contributed by atoms with van der Waals surface area (Å²) in [5, 5.41) is 19.0. The van der Waals surface area contributed by atoms with Gasteiger partial charge < -0.3 is 14.7 Å². The normalized spacial score (nSPS) is 13.2. The van der Waals surface area contributed by atoms with Crippen molar-refractivity contribution in [3.05, 3.63) is 0 Å². The lowest BCUT2D eigenvalue weighted by Gasteiger charge is -2.34. The van der Waals surface area contributed by atoms with Crippen LogP contribution in [0.1, 0.15) is 96.8 Å². The number of carboxylic acid groups (broad SMARTS) is 1. The van der Waals surface area contributed by atoms with Crippen molar-refractivity contribution in [2.75, 3.05) is 20.6 Å². The number of carbonyl (C=O) groups is 1. The van der Waals surface area contributed by atoms with Crippen molar-refractivity contribution in [1.82, 2.24) is 0 Å². The van der Waals surface area contributed by atoms with Crippen LogP contribution in [0.4, 0.5) is 0 Å². The lowest BCUT2D eigenvalue weighted by atomic mass is 10.1. The maximum atomic E-state index is 10.5. The molecule has 0 fully saturated rings. The summed E-state index contributed by atoms with van der Waals surface area (Å²) in [4.78, 5) is 10.5. The fourth-order valence-corrected chi connectivity index (χ4v) is 3.11. The molecule has 0 amide bonds. The molecule has 2 N–H and O–H groups in total. The average Bonchev–Trinajstić information content (AvgIpc) is 2.52. The Morgan fingerprint density at radius 1 is 0.833 bits per heavy atom. The van der Waals surface area contributed by atoms with Crippen LogP contribution in [-0.4, -0.2) is 47.5 Å². The van der Waals surface area contributed by atoms with E-state index in [9.17, 15) is 9.90 Å². The third-order valence-electron chi connectivity index (χ3n) is 5.00. The predicted octanol–water partition coefficient (Wildman–Crippen LogP) is 4.95. The minimum absolute atomic E-state index is 0.258. The molecule has 0 bridgehead atoms. The minimum Gasteiger partial charge on any atom is -0.481 e. The Morgan fingerprint density at radius 2 is 1.33 bits per heavy atom. The van der Waals surface area contributed by atoms with Gasteiger partial charge in [0.05, 0.1) is 20.6 Å². The highest BCUT2D eigenvalue weighted by Gasteiger charge is 2.24. The summed E-state index contributed by atoms with van der Waals surface area (Å²) in [6, 6.07) is 0. The van der Waals surface area contributed by atoms with Gasteiger partial charge in [0.15, 0.2) is 6.23 Å². The van der Waals surface area contributed by atoms with E-state index in [0.29, 0.717) is 4.48 Å². The number of unbranched alkanes of at least 4 members (excludes halogenated alkanes) is 10. The highest BCUT2D eigenvalue weighted by atomic mass is 16.4. The van der Waals surface area contributed by atoms with Crippen LogP contribution in [0.5, 0.6) is 0 Å². The molecule has 144 valence electrons. The Balaban J connectivity index is 3.58. The predicted molar refractivity (Wildman–Crippen MR) is 101 cm³/mol. The topological polar surface area (TPSA) is 57.5 Å². The molecule has 0 saturated heterocycles. The van der Waals surface area contributed by atoms with Crippen LogP contribution in [0.3, 0.4) is 0 Å². The first-order chi connectivity index (χ1) is 11.4. The molecule has 0 saturated carbocycles. The smallest absolute Gasteiger partial charge is 0.303 e. The van der Waals surface area contributed by atoms with Crippen LogP contribution in [0.2, 0.25) is 0 Å². The van der Waals surface area contributed by atoms with Crippen molar-refractivity contribution in [2.24, 2.45) is 0 Å². The van der Waals surface area contributed by atoms with E-state index >= 15 is 0 Å². The zero-order valence-electron chi connectivity index (χ0n) is 16.4. The van der Waals surface area contributed by atoms with E-state index in [1.54, 1.807) is 0 Å². The molecule has 1 atom stereocenters. The molecule has 1 unspecified atom stereocenters. The van der Waals surface area contributed by atoms with Crippen molar-refractivity contribution in [1.29, 1.82) is 0 Å². The average molecular weight is 345 g/mol. The molecule has 0 aromatic rings. The van der Waals surface area contributed by atoms with Crippen LogP contribution in [0, 0.1) is 0 Å². The summed E-state index contributed by atoms with van der Waals surface area (Å²) in [6.07, 6.45) is 15.2. The van der Waals surface area contributed by atoms with Gasteiger partial charge in [0.2, 0.25) is 0 Å². The molecule has 0 spiro atoms. The van der Waals surface area contributed by atoms with E-state index in [2.05, 4.69) is 21.0 Å². The minimum atomic E-state index is -0.714. The molecule has 4 heteroatoms. The quantitative estimate of drug-likeness (QED) is 0.223. The first-order valence-electron chi connectivity index (χ1n) is 10.1. The van der Waals surface area contributed by atoms with Crippen molar-refractivity contribution < 1.29 is 19.5 Å². The molecular weight excluding hydrogens is 302 g/mol. The van der Waals surface area contributed by atoms with Gasteiger partial charge in [-0.2, -0.15) is 0 Å². The lowest BCUT2D eigenvalue weighted by molar-refractivity contribution is -0.937. The van der Waals surface area contributed by atoms with Crippen LogP contribution >= 0.6 is 0 Å². The van der Waals surface area contributed by atoms with Gasteiger partial charge in [-0.05, 0) is 25.7 Å². The Morgan fingerprint density at radius 3 is 1.88 bits per heavy atom. The summed E-state index contributed by atoms with van der Waals surface area (Å²) < 4.78 is 0.629. The number of carboxylic acids is 1. The second-order valence-electron chi connectivity index (χ2n) is 7.80. The maximum absolute atomic E-state index is 10.5. The van der Waals surface area contributed by atoms with Gasteiger partial charge in [-0.1, -0.05) is 58.3 Å². The number of hydrogen-bond acceptors (Lipinski definition) is 2. The summed E-state index contributed by atoms with van der Waals surface area (Å²) in [5.74, 6) is -0.714. The van der Waals surface area contributed by atoms with Gasteiger partial charge in [0.25, 0.3) is 0 Å². The number of rotatable bonds is 17. The second-order valence-corrected chi connectivity index (χ2v) is 7.80. The summed E-state index contributed by atoms with van der Waals surface area (Å²) in [5.41, 5.74) is 0. The molecule has 4 nitrogen and oxygen atoms in total. The van der Waals surface area contributed by atoms with Crippen molar-refractivity contribution in [3.8, 4) is 0 Å². The first kappa shape index (κ1) is 23.4. The van der Waals surface area contributed by atoms with Crippen LogP contribution in [-0.2, 0) is 4.79 Å². The standard InChI is InChI=1S/C20H41NO3/c1-4-5-6-7-8-9-10-11-13-16-19(22)21(2,3)18-15-12-14-17-20(23)24/h19,22H,4-18H2,1-3H3/p+1. The van der Waals surface area contributed by atoms with E-state index in [1.165, 1.54) is 51.4 Å². The zero-order valence-corrected chi connectivity index (χ0v) is 16.4. The van der Waals surface area contributed by atoms with E-state index in [-0.39, 0.29) is 12.6 Å². The number of hydrogen-bond donors (Lipinski definition) is 2. The van der Waals surface area contributed by atoms with Gasteiger partial charge in [-0.15, -0.1) is 0 Å². The molecule has 0 aliphatic carbocycles. The first-order valence-corrected chi connectivity index (χ1v) is 10.1. The third-order valence-corrected chi connectivity index (χ3v) is 5.00. The van der Waals surface area contributed by atoms with E-state index < -0.39 is 5.97 Å². The fraction of sp³-hybridized carbons (Fsp3) is 0.950. The molecule has 0 aromatic heterocycles. The molecule has 0 radical (unpaired) electrons. The molecule has 0 aliphatic rings. The third kappa shape index (κ3) is 13.8. The fourth-order valence-electron chi connectivity index (χ4n) is 3.11. The lowest BCUT2D eigenvalue weighted by Crippen LogP contribution is -2.49. The van der Waals surface area contributed by atoms with Crippen LogP contribution < -0.4 is 0 Å². The second kappa shape index (κ2) is 14.7. The van der Waals surface area contributed by atoms with Gasteiger partial charge in [-0.3, -0.25) is 4.79 Å². The molecule has 0 rings (SSSR count). The number of quaternary nitrogens is 1. The summed E-state index contributed by atoms with van der Waals surface area (Å²) >= 11 is 0. The molecule has 0 aromatic carbocycles. The van der Waals surface area contributed by atoms with E-state index in [4.69, 9.17) is 5.11 Å². The van der Waals surface area contributed by atoms with Gasteiger partial charge in [-0.25, -0.2) is 0 Å². The van der Waals surface area contributed by atoms with Gasteiger partial charge >= 0.3 is 5.97 Å². The largest absolute Gasteiger partial charge is 0.481 e.